The summed E-state index contributed by atoms with van der Waals surface area (Å²) in [4.78, 5) is 11.5. The van der Waals surface area contributed by atoms with Crippen molar-refractivity contribution in [3.63, 3.8) is 0 Å². The fraction of sp³-hybridized carbons (Fsp3) is 0.500. The van der Waals surface area contributed by atoms with E-state index in [1.165, 1.54) is 17.2 Å². The lowest BCUT2D eigenvalue weighted by Crippen LogP contribution is -2.48. The summed E-state index contributed by atoms with van der Waals surface area (Å²) in [6.07, 6.45) is 2.17. The largest absolute Gasteiger partial charge is 0.486 e. The van der Waals surface area contributed by atoms with Gasteiger partial charge in [-0.05, 0) is 69.2 Å². The van der Waals surface area contributed by atoms with E-state index < -0.39 is 18.2 Å². The molecular formula is C26H33Cl2NO4. The van der Waals surface area contributed by atoms with Crippen LogP contribution in [0.15, 0.2) is 36.4 Å². The van der Waals surface area contributed by atoms with Crippen LogP contribution in [-0.4, -0.2) is 35.4 Å². The van der Waals surface area contributed by atoms with E-state index in [1.54, 1.807) is 19.9 Å². The van der Waals surface area contributed by atoms with Crippen molar-refractivity contribution >= 4 is 29.2 Å². The Morgan fingerprint density at radius 3 is 2.30 bits per heavy atom. The monoisotopic (exact) mass is 493 g/mol. The molecule has 0 saturated carbocycles. The molecule has 0 aliphatic heterocycles. The van der Waals surface area contributed by atoms with Crippen LogP contribution in [0.4, 0.5) is 0 Å². The number of rotatable bonds is 10. The van der Waals surface area contributed by atoms with Crippen LogP contribution in [0, 0.1) is 5.92 Å². The predicted octanol–water partition coefficient (Wildman–Crippen LogP) is 5.61. The molecule has 7 heteroatoms. The number of fused-ring (bicyclic) bond motifs is 1. The van der Waals surface area contributed by atoms with Crippen molar-refractivity contribution in [1.29, 1.82) is 0 Å². The third-order valence-electron chi connectivity index (χ3n) is 6.10. The first-order chi connectivity index (χ1) is 15.6. The zero-order chi connectivity index (χ0) is 24.2. The summed E-state index contributed by atoms with van der Waals surface area (Å²) in [5, 5.41) is 14.4. The van der Waals surface area contributed by atoms with Crippen molar-refractivity contribution in [3.05, 3.63) is 57.6 Å². The molecule has 0 spiro atoms. The molecule has 0 unspecified atom stereocenters. The first-order valence-electron chi connectivity index (χ1n) is 11.4. The molecule has 1 aliphatic carbocycles. The van der Waals surface area contributed by atoms with Crippen LogP contribution >= 0.6 is 23.2 Å². The van der Waals surface area contributed by atoms with Gasteiger partial charge >= 0.3 is 5.97 Å². The molecule has 0 amide bonds. The molecule has 0 heterocycles. The Hall–Kier alpha value is -1.79. The Morgan fingerprint density at radius 1 is 1.12 bits per heavy atom. The minimum atomic E-state index is -0.752. The van der Waals surface area contributed by atoms with E-state index in [2.05, 4.69) is 43.4 Å². The van der Waals surface area contributed by atoms with Gasteiger partial charge in [-0.2, -0.15) is 0 Å². The predicted molar refractivity (Wildman–Crippen MR) is 133 cm³/mol. The number of aliphatic hydroxyl groups excluding tert-OH is 1. The summed E-state index contributed by atoms with van der Waals surface area (Å²) in [6, 6.07) is 11.8. The number of carbonyl (C=O) groups excluding carboxylic acids is 1. The second-order valence-corrected chi connectivity index (χ2v) is 10.2. The number of β-amino-alcohol motifs (C(OH)–C–C–N with tert-alkyl or cyclic N) is 1. The number of hydrogen-bond acceptors (Lipinski definition) is 5. The molecule has 180 valence electrons. The van der Waals surface area contributed by atoms with Gasteiger partial charge in [0.15, 0.2) is 5.75 Å². The van der Waals surface area contributed by atoms with E-state index in [1.807, 2.05) is 0 Å². The summed E-state index contributed by atoms with van der Waals surface area (Å²) in [7, 11) is 0. The highest BCUT2D eigenvalue weighted by Crippen LogP contribution is 2.39. The van der Waals surface area contributed by atoms with Crippen molar-refractivity contribution < 1.29 is 19.4 Å². The number of aliphatic hydroxyl groups is 1. The highest BCUT2D eigenvalue weighted by molar-refractivity contribution is 6.43. The molecular weight excluding hydrogens is 461 g/mol. The van der Waals surface area contributed by atoms with Gasteiger partial charge in [-0.15, -0.1) is 0 Å². The van der Waals surface area contributed by atoms with E-state index >= 15 is 0 Å². The molecule has 2 aromatic carbocycles. The fourth-order valence-electron chi connectivity index (χ4n) is 4.29. The maximum Gasteiger partial charge on any atom is 0.310 e. The first kappa shape index (κ1) is 25.8. The minimum Gasteiger partial charge on any atom is -0.486 e. The lowest BCUT2D eigenvalue weighted by atomic mass is 9.88. The van der Waals surface area contributed by atoms with Gasteiger partial charge in [0.2, 0.25) is 0 Å². The first-order valence-corrected chi connectivity index (χ1v) is 12.2. The quantitative estimate of drug-likeness (QED) is 0.332. The van der Waals surface area contributed by atoms with E-state index in [0.717, 1.165) is 19.3 Å². The van der Waals surface area contributed by atoms with Gasteiger partial charge in [-0.25, -0.2) is 0 Å². The van der Waals surface area contributed by atoms with E-state index in [4.69, 9.17) is 32.7 Å². The van der Waals surface area contributed by atoms with Crippen molar-refractivity contribution in [2.45, 2.75) is 71.1 Å². The maximum atomic E-state index is 11.5. The molecule has 0 aromatic heterocycles. The molecule has 2 N–H and O–H groups in total. The van der Waals surface area contributed by atoms with E-state index in [-0.39, 0.29) is 27.8 Å². The fourth-order valence-corrected chi connectivity index (χ4v) is 4.69. The average molecular weight is 494 g/mol. The second kappa shape index (κ2) is 11.1. The Balaban J connectivity index is 1.51. The Bertz CT molecular complexity index is 954. The lowest BCUT2D eigenvalue weighted by Gasteiger charge is -2.32. The van der Waals surface area contributed by atoms with Crippen LogP contribution in [-0.2, 0) is 17.6 Å². The third-order valence-corrected chi connectivity index (χ3v) is 6.95. The maximum absolute atomic E-state index is 11.5. The summed E-state index contributed by atoms with van der Waals surface area (Å²) in [5.41, 5.74) is 2.77. The summed E-state index contributed by atoms with van der Waals surface area (Å²) in [6.45, 7) is 8.19. The van der Waals surface area contributed by atoms with Gasteiger partial charge in [0, 0.05) is 18.5 Å². The highest BCUT2D eigenvalue weighted by Gasteiger charge is 2.29. The third kappa shape index (κ3) is 6.86. The molecule has 3 rings (SSSR count). The standard InChI is InChI=1S/C26H33Cl2NO4/c1-5-23(31)33-22-11-10-21(24(27)25(22)28)32-16(2)20(30)15-29-26(3,4)14-17-12-18-8-6-7-9-19(18)13-17/h6-11,16-17,20,29-30H,5,12-15H2,1-4H3/t16-,20-/m1/s1. The molecule has 2 aromatic rings. The number of halogens is 2. The van der Waals surface area contributed by atoms with Crippen molar-refractivity contribution in [2.75, 3.05) is 6.54 Å². The van der Waals surface area contributed by atoms with Gasteiger partial charge in [-0.1, -0.05) is 54.4 Å². The smallest absolute Gasteiger partial charge is 0.310 e. The van der Waals surface area contributed by atoms with E-state index in [0.29, 0.717) is 18.2 Å². The number of esters is 1. The number of nitrogens with one attached hydrogen (secondary N) is 1. The van der Waals surface area contributed by atoms with Crippen LogP contribution in [0.1, 0.15) is 51.7 Å². The average Bonchev–Trinajstić information content (AvgIpc) is 3.18. The highest BCUT2D eigenvalue weighted by atomic mass is 35.5. The number of ether oxygens (including phenoxy) is 2. The molecule has 1 aliphatic rings. The summed E-state index contributed by atoms with van der Waals surface area (Å²) >= 11 is 12.5. The summed E-state index contributed by atoms with van der Waals surface area (Å²) < 4.78 is 11.0. The molecule has 0 radical (unpaired) electrons. The van der Waals surface area contributed by atoms with Crippen molar-refractivity contribution in [2.24, 2.45) is 5.92 Å². The van der Waals surface area contributed by atoms with Crippen molar-refractivity contribution in [1.82, 2.24) is 5.32 Å². The van der Waals surface area contributed by atoms with Crippen LogP contribution in [0.3, 0.4) is 0 Å². The number of hydrogen-bond donors (Lipinski definition) is 2. The molecule has 33 heavy (non-hydrogen) atoms. The molecule has 0 bridgehead atoms. The molecule has 2 atom stereocenters. The second-order valence-electron chi connectivity index (χ2n) is 9.42. The number of benzene rings is 2. The van der Waals surface area contributed by atoms with Crippen LogP contribution in [0.2, 0.25) is 10.0 Å². The molecule has 0 saturated heterocycles. The van der Waals surface area contributed by atoms with Crippen LogP contribution in [0.5, 0.6) is 11.5 Å². The molecule has 5 nitrogen and oxygen atoms in total. The van der Waals surface area contributed by atoms with Gasteiger partial charge in [0.25, 0.3) is 0 Å². The van der Waals surface area contributed by atoms with Gasteiger partial charge < -0.3 is 19.9 Å². The Kier molecular flexibility index (Phi) is 8.68. The van der Waals surface area contributed by atoms with Crippen LogP contribution < -0.4 is 14.8 Å². The minimum absolute atomic E-state index is 0.106. The Labute approximate surface area is 206 Å². The normalized spacial score (nSPS) is 15.7. The zero-order valence-corrected chi connectivity index (χ0v) is 21.2. The molecule has 0 fully saturated rings. The van der Waals surface area contributed by atoms with Gasteiger partial charge in [-0.3, -0.25) is 4.79 Å². The SMILES string of the molecule is CCC(=O)Oc1ccc(O[C@H](C)[C@H](O)CNC(C)(C)CC2Cc3ccccc3C2)c(Cl)c1Cl. The zero-order valence-electron chi connectivity index (χ0n) is 19.7. The van der Waals surface area contributed by atoms with E-state index in [9.17, 15) is 9.90 Å². The van der Waals surface area contributed by atoms with Crippen molar-refractivity contribution in [3.8, 4) is 11.5 Å². The summed E-state index contributed by atoms with van der Waals surface area (Å²) in [5.74, 6) is 0.705. The topological polar surface area (TPSA) is 67.8 Å². The van der Waals surface area contributed by atoms with Crippen LogP contribution in [0.25, 0.3) is 0 Å². The van der Waals surface area contributed by atoms with Gasteiger partial charge in [0.1, 0.15) is 28.0 Å². The van der Waals surface area contributed by atoms with Gasteiger partial charge in [0.05, 0.1) is 0 Å². The lowest BCUT2D eigenvalue weighted by molar-refractivity contribution is -0.134. The number of carbonyl (C=O) groups is 1. The Morgan fingerprint density at radius 2 is 1.70 bits per heavy atom.